The summed E-state index contributed by atoms with van der Waals surface area (Å²) in [6, 6.07) is 44.4. The Bertz CT molecular complexity index is 4230. The van der Waals surface area contributed by atoms with E-state index in [9.17, 15) is 5.11 Å². The molecule has 0 aliphatic rings. The summed E-state index contributed by atoms with van der Waals surface area (Å²) in [6.45, 7) is -31.1. The summed E-state index contributed by atoms with van der Waals surface area (Å²) in [5.74, 6) is -2.34. The zero-order valence-corrected chi connectivity index (χ0v) is 40.0. The van der Waals surface area contributed by atoms with E-state index in [0.717, 1.165) is 45.0 Å². The number of imidazole rings is 1. The van der Waals surface area contributed by atoms with Crippen molar-refractivity contribution in [2.24, 2.45) is 0 Å². The second kappa shape index (κ2) is 18.5. The van der Waals surface area contributed by atoms with E-state index in [1.54, 1.807) is 24.4 Å². The van der Waals surface area contributed by atoms with Gasteiger partial charge in [-0.1, -0.05) is 209 Å². The Balaban J connectivity index is 0.0000118. The topological polar surface area (TPSA) is 50.9 Å². The molecule has 0 bridgehead atoms. The predicted octanol–water partition coefficient (Wildman–Crippen LogP) is 17.1. The molecule has 0 amide bonds. The standard InChI is InChI=1S/C64H64N3O.Pt/c1-61(2,3)48-30-31-56(52(38-48)44-22-17-14-18-23-44)67-57-25-19-24-51(58(57)66-60(67)53-39-50(63(7,8)9)40-54(59(53)68)64(10,11)12)46-34-47(36-49(35-46)62(4,5)6)55-37-45(32-33-65-55)43-28-26-42(27-29-43)41-20-15-13-16-21-41;/h13-33,35-40,68H,1-12H3;/q-1;/i1D3,2D3,3D3,7D3,8D3,9D3,10D3,11D3,12D3;. The van der Waals surface area contributed by atoms with Crippen molar-refractivity contribution in [1.29, 1.82) is 0 Å². The molecule has 2 heterocycles. The second-order valence-electron chi connectivity index (χ2n) is 18.0. The minimum absolute atomic E-state index is 0. The third kappa shape index (κ3) is 9.93. The Hall–Kier alpha value is -6.35. The smallest absolute Gasteiger partial charge is 0.148 e. The van der Waals surface area contributed by atoms with E-state index in [2.05, 4.69) is 6.07 Å². The zero-order chi connectivity index (χ0) is 70.8. The summed E-state index contributed by atoms with van der Waals surface area (Å²) in [6.07, 6.45) is 1.63. The summed E-state index contributed by atoms with van der Waals surface area (Å²) >= 11 is 0. The fourth-order valence-corrected chi connectivity index (χ4v) is 8.39. The van der Waals surface area contributed by atoms with E-state index in [0.29, 0.717) is 28.5 Å². The van der Waals surface area contributed by atoms with Gasteiger partial charge in [0.25, 0.3) is 0 Å². The molecule has 0 aliphatic carbocycles. The number of rotatable bonds is 7. The molecule has 0 aliphatic heterocycles. The number of hydrogen-bond acceptors (Lipinski definition) is 3. The minimum atomic E-state index is -4.33. The second-order valence-corrected chi connectivity index (χ2v) is 18.0. The third-order valence-corrected chi connectivity index (χ3v) is 12.0. The molecule has 0 spiro atoms. The van der Waals surface area contributed by atoms with Crippen molar-refractivity contribution in [3.63, 3.8) is 0 Å². The maximum atomic E-state index is 13.2. The molecule has 0 saturated carbocycles. The Morgan fingerprint density at radius 1 is 0.493 bits per heavy atom. The summed E-state index contributed by atoms with van der Waals surface area (Å²) in [5.41, 5.74) is -12.5. The number of aromatic nitrogens is 3. The van der Waals surface area contributed by atoms with Crippen LogP contribution in [0.4, 0.5) is 0 Å². The van der Waals surface area contributed by atoms with Crippen LogP contribution in [-0.4, -0.2) is 19.6 Å². The molecular weight excluding hydrogens is 1020 g/mol. The van der Waals surface area contributed by atoms with E-state index < -0.39 is 117 Å². The van der Waals surface area contributed by atoms with Gasteiger partial charge in [-0.25, -0.2) is 4.98 Å². The molecule has 0 radical (unpaired) electrons. The van der Waals surface area contributed by atoms with E-state index in [-0.39, 0.29) is 60.5 Å². The van der Waals surface area contributed by atoms with Crippen molar-refractivity contribution in [1.82, 2.24) is 14.5 Å². The van der Waals surface area contributed by atoms with Crippen LogP contribution in [0.25, 0.3) is 83.9 Å². The maximum absolute atomic E-state index is 13.2. The summed E-state index contributed by atoms with van der Waals surface area (Å²) < 4.78 is 238. The van der Waals surface area contributed by atoms with Gasteiger partial charge < -0.3 is 5.11 Å². The Kier molecular flexibility index (Phi) is 6.84. The van der Waals surface area contributed by atoms with Gasteiger partial charge in [0.15, 0.2) is 0 Å². The maximum Gasteiger partial charge on any atom is 0.148 e. The van der Waals surface area contributed by atoms with Crippen LogP contribution in [0.1, 0.15) is 142 Å². The van der Waals surface area contributed by atoms with Crippen molar-refractivity contribution < 1.29 is 63.2 Å². The van der Waals surface area contributed by atoms with Crippen LogP contribution < -0.4 is 0 Å². The minimum Gasteiger partial charge on any atom is -0.507 e. The van der Waals surface area contributed by atoms with Crippen LogP contribution in [0.2, 0.25) is 0 Å². The van der Waals surface area contributed by atoms with Crippen molar-refractivity contribution in [3.05, 3.63) is 192 Å². The van der Waals surface area contributed by atoms with Crippen LogP contribution in [-0.2, 0) is 42.7 Å². The molecule has 0 unspecified atom stereocenters. The molecule has 69 heavy (non-hydrogen) atoms. The first-order valence-electron chi connectivity index (χ1n) is 35.2. The quantitative estimate of drug-likeness (QED) is 0.162. The van der Waals surface area contributed by atoms with Gasteiger partial charge in [-0.3, -0.25) is 9.55 Å². The fraction of sp³-hybridized carbons (Fsp3) is 0.250. The third-order valence-electron chi connectivity index (χ3n) is 12.0. The molecule has 0 fully saturated rings. The number of benzene rings is 7. The Labute approximate surface area is 462 Å². The molecule has 5 heteroatoms. The largest absolute Gasteiger partial charge is 0.507 e. The molecule has 7 aromatic carbocycles. The van der Waals surface area contributed by atoms with E-state index in [4.69, 9.17) is 47.0 Å². The van der Waals surface area contributed by atoms with Crippen molar-refractivity contribution in [3.8, 4) is 78.6 Å². The molecule has 9 rings (SSSR count). The van der Waals surface area contributed by atoms with Crippen LogP contribution in [0.3, 0.4) is 0 Å². The number of aromatic hydroxyl groups is 1. The van der Waals surface area contributed by atoms with Crippen LogP contribution >= 0.6 is 0 Å². The molecule has 352 valence electrons. The van der Waals surface area contributed by atoms with Crippen molar-refractivity contribution in [2.75, 3.05) is 0 Å². The van der Waals surface area contributed by atoms with Gasteiger partial charge >= 0.3 is 0 Å². The first-order valence-corrected chi connectivity index (χ1v) is 21.7. The average Bonchev–Trinajstić information content (AvgIpc) is 0.958. The summed E-state index contributed by atoms with van der Waals surface area (Å²) in [4.78, 5) is 9.84. The first kappa shape index (κ1) is 25.5. The van der Waals surface area contributed by atoms with E-state index in [1.165, 1.54) is 36.4 Å². The van der Waals surface area contributed by atoms with Gasteiger partial charge in [-0.15, -0.1) is 29.3 Å². The van der Waals surface area contributed by atoms with Gasteiger partial charge in [0, 0.05) is 81.1 Å². The zero-order valence-electron chi connectivity index (χ0n) is 64.7. The molecule has 4 nitrogen and oxygen atoms in total. The SMILES string of the molecule is [2H]C([2H])([2H])C(c1ccc(-n2c(-c3cc(C(C([2H])([2H])[2H])(C([2H])([2H])[2H])C([2H])([2H])[2H])cc(C(C([2H])([2H])[2H])(C([2H])([2H])[2H])C([2H])([2H])[2H])c3O)nc3c(-c4[c-]c(-c5cc(-c6ccc(-c7ccccc7)cc6)ccn5)cc(C(C)(C)C)c4)cccc32)c(-c2ccccc2)c1)(C([2H])([2H])[2H])C([2H])([2H])[2H].[Pt]. The molecule has 2 aromatic heterocycles. The average molecular weight is 1110 g/mol. The van der Waals surface area contributed by atoms with E-state index in [1.807, 2.05) is 93.6 Å². The van der Waals surface area contributed by atoms with Gasteiger partial charge in [0.05, 0.1) is 22.3 Å². The van der Waals surface area contributed by atoms with Gasteiger partial charge in [0.2, 0.25) is 0 Å². The summed E-state index contributed by atoms with van der Waals surface area (Å²) in [7, 11) is 0. The normalized spacial score (nSPS) is 19.7. The number of phenolic OH excluding ortho intramolecular Hbond substituents is 1. The molecule has 0 saturated heterocycles. The molecular formula is C64H64N3OPt-. The summed E-state index contributed by atoms with van der Waals surface area (Å²) in [5, 5.41) is 13.2. The van der Waals surface area contributed by atoms with Crippen molar-refractivity contribution >= 4 is 11.0 Å². The van der Waals surface area contributed by atoms with Crippen LogP contribution in [0.5, 0.6) is 5.75 Å². The van der Waals surface area contributed by atoms with Crippen molar-refractivity contribution in [2.45, 2.75) is 104 Å². The number of pyridine rings is 1. The van der Waals surface area contributed by atoms with Gasteiger partial charge in [-0.2, -0.15) is 0 Å². The number of nitrogens with zero attached hydrogens (tertiary/aromatic N) is 3. The van der Waals surface area contributed by atoms with E-state index >= 15 is 0 Å². The molecule has 9 aromatic rings. The fourth-order valence-electron chi connectivity index (χ4n) is 8.39. The van der Waals surface area contributed by atoms with Crippen LogP contribution in [0.15, 0.2) is 164 Å². The molecule has 1 N–H and O–H groups in total. The first-order chi connectivity index (χ1) is 43.4. The monoisotopic (exact) mass is 1110 g/mol. The number of fused-ring (bicyclic) bond motifs is 1. The van der Waals surface area contributed by atoms with Gasteiger partial charge in [-0.05, 0) is 90.9 Å². The number of hydrogen-bond donors (Lipinski definition) is 1. The van der Waals surface area contributed by atoms with Crippen LogP contribution in [0, 0.1) is 6.07 Å². The Morgan fingerprint density at radius 2 is 1.07 bits per heavy atom. The predicted molar refractivity (Wildman–Crippen MR) is 287 cm³/mol. The number of para-hydroxylation sites is 1. The number of phenols is 1. The van der Waals surface area contributed by atoms with Gasteiger partial charge in [0.1, 0.15) is 11.6 Å². The molecule has 0 atom stereocenters. The Morgan fingerprint density at radius 3 is 1.72 bits per heavy atom.